The molecule has 4 aromatic rings. The number of benzene rings is 1. The molecule has 0 unspecified atom stereocenters. The van der Waals surface area contributed by atoms with E-state index in [2.05, 4.69) is 25.6 Å². The van der Waals surface area contributed by atoms with Crippen molar-refractivity contribution in [2.45, 2.75) is 0 Å². The Hall–Kier alpha value is -4.15. The summed E-state index contributed by atoms with van der Waals surface area (Å²) in [4.78, 5) is 19.1. The molecule has 0 spiro atoms. The van der Waals surface area contributed by atoms with Gasteiger partial charge in [0.1, 0.15) is 17.9 Å². The van der Waals surface area contributed by atoms with Crippen LogP contribution in [0.1, 0.15) is 0 Å². The van der Waals surface area contributed by atoms with Gasteiger partial charge in [-0.15, -0.1) is 0 Å². The first-order valence-electron chi connectivity index (χ1n) is 8.24. The van der Waals surface area contributed by atoms with Gasteiger partial charge in [-0.3, -0.25) is 9.55 Å². The molecule has 4 N–H and O–H groups in total. The molecule has 4 rings (SSSR count). The Kier molecular flexibility index (Phi) is 4.46. The number of carboxylic acid groups (broad SMARTS) is 1. The molecule has 0 aliphatic heterocycles. The van der Waals surface area contributed by atoms with E-state index in [0.717, 1.165) is 11.2 Å². The van der Waals surface area contributed by atoms with Crippen molar-refractivity contribution in [2.75, 3.05) is 18.9 Å². The fraction of sp³-hybridized carbons (Fsp3) is 0.118. The van der Waals surface area contributed by atoms with Gasteiger partial charge in [0.2, 0.25) is 0 Å². The van der Waals surface area contributed by atoms with Crippen molar-refractivity contribution < 1.29 is 19.3 Å². The number of rotatable bonds is 6. The first kappa shape index (κ1) is 17.3. The normalized spacial score (nSPS) is 10.9. The number of aromatic nitrogens is 5. The summed E-state index contributed by atoms with van der Waals surface area (Å²) in [6.45, 7) is 0.413. The number of nitrogens with two attached hydrogens (primary N) is 1. The fourth-order valence-corrected chi connectivity index (χ4v) is 2.72. The second-order valence-corrected chi connectivity index (χ2v) is 5.71. The highest BCUT2D eigenvalue weighted by molar-refractivity contribution is 5.83. The minimum atomic E-state index is -1.09. The van der Waals surface area contributed by atoms with E-state index < -0.39 is 6.09 Å². The van der Waals surface area contributed by atoms with Crippen molar-refractivity contribution in [1.29, 1.82) is 0 Å². The molecular weight excluding hydrogens is 366 g/mol. The van der Waals surface area contributed by atoms with E-state index in [1.54, 1.807) is 24.5 Å². The molecule has 11 nitrogen and oxygen atoms in total. The van der Waals surface area contributed by atoms with Gasteiger partial charge in [-0.05, 0) is 40.6 Å². The molecule has 3 aromatic heterocycles. The lowest BCUT2D eigenvalue weighted by molar-refractivity contribution is 0.191. The van der Waals surface area contributed by atoms with E-state index in [-0.39, 0.29) is 19.0 Å². The van der Waals surface area contributed by atoms with Crippen LogP contribution in [0.4, 0.5) is 10.6 Å². The average Bonchev–Trinajstić information content (AvgIpc) is 3.28. The third-order valence-electron chi connectivity index (χ3n) is 3.92. The van der Waals surface area contributed by atoms with E-state index in [1.165, 1.54) is 0 Å². The summed E-state index contributed by atoms with van der Waals surface area (Å²) in [5.74, 6) is 1.21. The largest absolute Gasteiger partial charge is 0.492 e. The van der Waals surface area contributed by atoms with Gasteiger partial charge in [-0.2, -0.15) is 0 Å². The quantitative estimate of drug-likeness (QED) is 0.423. The molecule has 142 valence electrons. The van der Waals surface area contributed by atoms with Gasteiger partial charge < -0.3 is 20.9 Å². The predicted molar refractivity (Wildman–Crippen MR) is 98.1 cm³/mol. The minimum absolute atomic E-state index is 0.135. The average molecular weight is 381 g/mol. The summed E-state index contributed by atoms with van der Waals surface area (Å²) in [5, 5.41) is 18.3. The number of pyridine rings is 1. The number of fused-ring (bicyclic) bond motifs is 1. The zero-order valence-corrected chi connectivity index (χ0v) is 14.4. The van der Waals surface area contributed by atoms with Gasteiger partial charge in [0.05, 0.1) is 18.3 Å². The van der Waals surface area contributed by atoms with E-state index in [0.29, 0.717) is 22.8 Å². The first-order valence-corrected chi connectivity index (χ1v) is 8.24. The lowest BCUT2D eigenvalue weighted by Crippen LogP contribution is -2.26. The molecule has 0 radical (unpaired) electrons. The van der Waals surface area contributed by atoms with Crippen LogP contribution in [-0.4, -0.2) is 49.2 Å². The summed E-state index contributed by atoms with van der Waals surface area (Å²) in [5.41, 5.74) is 8.45. The van der Waals surface area contributed by atoms with Crippen LogP contribution in [0.25, 0.3) is 28.2 Å². The predicted octanol–water partition coefficient (Wildman–Crippen LogP) is 1.70. The first-order chi connectivity index (χ1) is 13.6. The lowest BCUT2D eigenvalue weighted by Gasteiger charge is -2.10. The summed E-state index contributed by atoms with van der Waals surface area (Å²) in [7, 11) is 0. The number of amides is 1. The third-order valence-corrected chi connectivity index (χ3v) is 3.92. The van der Waals surface area contributed by atoms with Crippen molar-refractivity contribution in [3.8, 4) is 23.0 Å². The molecule has 0 aliphatic carbocycles. The number of nitrogens with zero attached hydrogens (tertiary/aromatic N) is 5. The molecule has 0 saturated carbocycles. The van der Waals surface area contributed by atoms with Crippen molar-refractivity contribution in [3.63, 3.8) is 0 Å². The van der Waals surface area contributed by atoms with Crippen molar-refractivity contribution in [1.82, 2.24) is 30.2 Å². The number of nitrogens with one attached hydrogen (secondary N) is 1. The van der Waals surface area contributed by atoms with E-state index in [1.807, 2.05) is 22.8 Å². The molecule has 11 heteroatoms. The van der Waals surface area contributed by atoms with Crippen molar-refractivity contribution in [2.24, 2.45) is 0 Å². The standard InChI is InChI=1S/C17H15N7O4/c18-15-14(22-28-23-15)16-21-12-9-19-6-5-13(12)24(16)10-1-3-11(4-2-10)27-8-7-20-17(25)26/h1-6,9,20H,7-8H2,(H2,18,23)(H,25,26). The Balaban J connectivity index is 1.67. The third kappa shape index (κ3) is 3.28. The molecule has 3 heterocycles. The summed E-state index contributed by atoms with van der Waals surface area (Å²) in [6, 6.07) is 9.07. The van der Waals surface area contributed by atoms with Crippen LogP contribution in [0.2, 0.25) is 0 Å². The Morgan fingerprint density at radius 2 is 2.07 bits per heavy atom. The monoisotopic (exact) mass is 381 g/mol. The molecule has 0 bridgehead atoms. The summed E-state index contributed by atoms with van der Waals surface area (Å²) >= 11 is 0. The highest BCUT2D eigenvalue weighted by Gasteiger charge is 2.20. The second kappa shape index (κ2) is 7.23. The molecule has 28 heavy (non-hydrogen) atoms. The van der Waals surface area contributed by atoms with Gasteiger partial charge in [-0.25, -0.2) is 14.4 Å². The lowest BCUT2D eigenvalue weighted by atomic mass is 10.2. The van der Waals surface area contributed by atoms with Crippen molar-refractivity contribution >= 4 is 22.9 Å². The maximum absolute atomic E-state index is 10.4. The van der Waals surface area contributed by atoms with Crippen LogP contribution in [0.3, 0.4) is 0 Å². The molecule has 0 fully saturated rings. The van der Waals surface area contributed by atoms with Gasteiger partial charge >= 0.3 is 6.09 Å². The van der Waals surface area contributed by atoms with Gasteiger partial charge in [-0.1, -0.05) is 0 Å². The number of nitrogen functional groups attached to an aromatic ring is 1. The molecule has 1 aromatic carbocycles. The fourth-order valence-electron chi connectivity index (χ4n) is 2.72. The summed E-state index contributed by atoms with van der Waals surface area (Å²) < 4.78 is 12.1. The molecule has 0 aliphatic rings. The number of hydrogen-bond donors (Lipinski definition) is 3. The number of hydrogen-bond acceptors (Lipinski definition) is 8. The van der Waals surface area contributed by atoms with E-state index in [9.17, 15) is 4.79 Å². The van der Waals surface area contributed by atoms with Crippen LogP contribution in [0.5, 0.6) is 5.75 Å². The zero-order chi connectivity index (χ0) is 19.5. The number of ether oxygens (including phenoxy) is 1. The second-order valence-electron chi connectivity index (χ2n) is 5.71. The van der Waals surface area contributed by atoms with Crippen LogP contribution in [0.15, 0.2) is 47.4 Å². The van der Waals surface area contributed by atoms with Gasteiger partial charge in [0, 0.05) is 11.9 Å². The highest BCUT2D eigenvalue weighted by Crippen LogP contribution is 2.30. The molecule has 0 saturated heterocycles. The minimum Gasteiger partial charge on any atom is -0.492 e. The van der Waals surface area contributed by atoms with E-state index in [4.69, 9.17) is 20.2 Å². The maximum Gasteiger partial charge on any atom is 0.404 e. The zero-order valence-electron chi connectivity index (χ0n) is 14.4. The Labute approximate surface area is 157 Å². The molecule has 0 atom stereocenters. The summed E-state index contributed by atoms with van der Waals surface area (Å²) in [6.07, 6.45) is 2.22. The van der Waals surface area contributed by atoms with Crippen LogP contribution >= 0.6 is 0 Å². The van der Waals surface area contributed by atoms with Crippen LogP contribution in [-0.2, 0) is 0 Å². The van der Waals surface area contributed by atoms with Gasteiger partial charge in [0.15, 0.2) is 17.3 Å². The smallest absolute Gasteiger partial charge is 0.404 e. The number of anilines is 1. The van der Waals surface area contributed by atoms with Crippen LogP contribution in [0, 0.1) is 0 Å². The van der Waals surface area contributed by atoms with Gasteiger partial charge in [0.25, 0.3) is 0 Å². The molecule has 1 amide bonds. The van der Waals surface area contributed by atoms with Crippen molar-refractivity contribution in [3.05, 3.63) is 42.7 Å². The van der Waals surface area contributed by atoms with E-state index >= 15 is 0 Å². The topological polar surface area (TPSA) is 154 Å². The SMILES string of the molecule is Nc1nonc1-c1nc2cnccc2n1-c1ccc(OCCNC(=O)O)cc1. The number of imidazole rings is 1. The maximum atomic E-state index is 10.4. The Bertz CT molecular complexity index is 1120. The molecular formula is C17H15N7O4. The highest BCUT2D eigenvalue weighted by atomic mass is 16.6. The Morgan fingerprint density at radius 3 is 2.79 bits per heavy atom. The van der Waals surface area contributed by atoms with Crippen LogP contribution < -0.4 is 15.8 Å². The number of carbonyl (C=O) groups is 1. The Morgan fingerprint density at radius 1 is 1.25 bits per heavy atom.